The molecule has 0 unspecified atom stereocenters. The highest BCUT2D eigenvalue weighted by molar-refractivity contribution is 6.00. The van der Waals surface area contributed by atoms with E-state index in [-0.39, 0.29) is 23.7 Å². The van der Waals surface area contributed by atoms with Crippen molar-refractivity contribution in [2.24, 2.45) is 5.92 Å². The predicted octanol–water partition coefficient (Wildman–Crippen LogP) is 3.99. The molecule has 1 saturated heterocycles. The first-order chi connectivity index (χ1) is 13.1. The maximum Gasteiger partial charge on any atom is 0.251 e. The van der Waals surface area contributed by atoms with Gasteiger partial charge in [0.25, 0.3) is 5.91 Å². The number of Topliss-reactive ketones (excluding diaryl/α,β-unsaturated/α-hetero) is 1. The Morgan fingerprint density at radius 1 is 1.07 bits per heavy atom. The molecule has 2 aromatic carbocycles. The summed E-state index contributed by atoms with van der Waals surface area (Å²) in [6.07, 6.45) is 3.84. The summed E-state index contributed by atoms with van der Waals surface area (Å²) < 4.78 is 20.1. The Hall–Kier alpha value is -2.53. The van der Waals surface area contributed by atoms with E-state index in [9.17, 15) is 14.0 Å². The van der Waals surface area contributed by atoms with Gasteiger partial charge in [-0.1, -0.05) is 24.3 Å². The summed E-state index contributed by atoms with van der Waals surface area (Å²) in [5, 5.41) is 2.88. The van der Waals surface area contributed by atoms with Crippen LogP contribution in [0.25, 0.3) is 11.1 Å². The molecule has 1 amide bonds. The van der Waals surface area contributed by atoms with Crippen LogP contribution in [0.2, 0.25) is 0 Å². The van der Waals surface area contributed by atoms with Crippen LogP contribution in [0.3, 0.4) is 0 Å². The number of ketones is 1. The summed E-state index contributed by atoms with van der Waals surface area (Å²) in [5.74, 6) is -0.569. The van der Waals surface area contributed by atoms with Gasteiger partial charge in [-0.2, -0.15) is 0 Å². The number of rotatable bonds is 6. The second-order valence-corrected chi connectivity index (χ2v) is 7.26. The van der Waals surface area contributed by atoms with Crippen molar-refractivity contribution in [3.05, 3.63) is 59.4 Å². The molecule has 0 spiro atoms. The molecule has 4 rings (SSSR count). The third-order valence-corrected chi connectivity index (χ3v) is 5.15. The molecule has 0 bridgehead atoms. The van der Waals surface area contributed by atoms with Crippen molar-refractivity contribution in [1.29, 1.82) is 0 Å². The van der Waals surface area contributed by atoms with Crippen LogP contribution < -0.4 is 5.32 Å². The lowest BCUT2D eigenvalue weighted by Gasteiger charge is -2.12. The number of hydrogen-bond donors (Lipinski definition) is 1. The van der Waals surface area contributed by atoms with E-state index in [0.717, 1.165) is 32.3 Å². The molecule has 27 heavy (non-hydrogen) atoms. The van der Waals surface area contributed by atoms with Gasteiger partial charge in [0.05, 0.1) is 6.10 Å². The number of carbonyl (C=O) groups is 2. The topological polar surface area (TPSA) is 55.4 Å². The van der Waals surface area contributed by atoms with E-state index in [1.54, 1.807) is 36.4 Å². The molecule has 0 aromatic heterocycles. The van der Waals surface area contributed by atoms with Crippen LogP contribution in [-0.2, 0) is 4.74 Å². The Morgan fingerprint density at radius 2 is 1.93 bits per heavy atom. The molecule has 0 radical (unpaired) electrons. The van der Waals surface area contributed by atoms with Crippen LogP contribution >= 0.6 is 0 Å². The van der Waals surface area contributed by atoms with Gasteiger partial charge in [0.1, 0.15) is 5.82 Å². The first-order valence-electron chi connectivity index (χ1n) is 9.46. The molecule has 140 valence electrons. The lowest BCUT2D eigenvalue weighted by molar-refractivity contribution is 0.0857. The summed E-state index contributed by atoms with van der Waals surface area (Å²) in [4.78, 5) is 24.5. The van der Waals surface area contributed by atoms with Crippen LogP contribution in [0, 0.1) is 11.7 Å². The Bertz CT molecular complexity index is 870. The van der Waals surface area contributed by atoms with Crippen molar-refractivity contribution < 1.29 is 18.7 Å². The highest BCUT2D eigenvalue weighted by Crippen LogP contribution is 2.33. The molecule has 2 aromatic rings. The smallest absolute Gasteiger partial charge is 0.251 e. The second-order valence-electron chi connectivity index (χ2n) is 7.26. The Labute approximate surface area is 157 Å². The normalized spacial score (nSPS) is 19.1. The van der Waals surface area contributed by atoms with E-state index < -0.39 is 5.82 Å². The zero-order valence-corrected chi connectivity index (χ0v) is 15.0. The summed E-state index contributed by atoms with van der Waals surface area (Å²) >= 11 is 0. The maximum absolute atomic E-state index is 14.6. The largest absolute Gasteiger partial charge is 0.376 e. The van der Waals surface area contributed by atoms with E-state index >= 15 is 0 Å². The minimum atomic E-state index is -0.446. The number of hydrogen-bond acceptors (Lipinski definition) is 3. The standard InChI is InChI=1S/C22H22FNO3/c23-20-12-16(21(25)14-6-7-14)8-9-19(20)15-3-1-4-17(11-15)22(26)24-13-18-5-2-10-27-18/h1,3-4,8-9,11-12,14,18H,2,5-7,10,13H2,(H,24,26)/t18-/m0/s1. The zero-order chi connectivity index (χ0) is 18.8. The second kappa shape index (κ2) is 7.61. The summed E-state index contributed by atoms with van der Waals surface area (Å²) in [6, 6.07) is 11.5. The molecule has 1 N–H and O–H groups in total. The lowest BCUT2D eigenvalue weighted by atomic mass is 9.98. The third-order valence-electron chi connectivity index (χ3n) is 5.15. The lowest BCUT2D eigenvalue weighted by Crippen LogP contribution is -2.31. The monoisotopic (exact) mass is 367 g/mol. The maximum atomic E-state index is 14.6. The number of nitrogens with one attached hydrogen (secondary N) is 1. The van der Waals surface area contributed by atoms with E-state index in [1.807, 2.05) is 0 Å². The van der Waals surface area contributed by atoms with E-state index in [0.29, 0.717) is 28.8 Å². The van der Waals surface area contributed by atoms with Crippen molar-refractivity contribution in [2.75, 3.05) is 13.2 Å². The van der Waals surface area contributed by atoms with Crippen molar-refractivity contribution in [2.45, 2.75) is 31.8 Å². The fourth-order valence-electron chi connectivity index (χ4n) is 3.43. The van der Waals surface area contributed by atoms with Crippen LogP contribution in [0.1, 0.15) is 46.4 Å². The fraction of sp³-hybridized carbons (Fsp3) is 0.364. The Balaban J connectivity index is 1.49. The first-order valence-corrected chi connectivity index (χ1v) is 9.46. The van der Waals surface area contributed by atoms with Crippen LogP contribution in [-0.4, -0.2) is 30.9 Å². The highest BCUT2D eigenvalue weighted by Gasteiger charge is 2.30. The van der Waals surface area contributed by atoms with Crippen molar-refractivity contribution in [3.63, 3.8) is 0 Å². The van der Waals surface area contributed by atoms with Gasteiger partial charge < -0.3 is 10.1 Å². The van der Waals surface area contributed by atoms with Crippen molar-refractivity contribution in [1.82, 2.24) is 5.32 Å². The number of amides is 1. The molecule has 1 saturated carbocycles. The summed E-state index contributed by atoms with van der Waals surface area (Å²) in [6.45, 7) is 1.23. The third kappa shape index (κ3) is 4.08. The quantitative estimate of drug-likeness (QED) is 0.786. The summed E-state index contributed by atoms with van der Waals surface area (Å²) in [7, 11) is 0. The number of ether oxygens (including phenoxy) is 1. The van der Waals surface area contributed by atoms with E-state index in [2.05, 4.69) is 5.32 Å². The summed E-state index contributed by atoms with van der Waals surface area (Å²) in [5.41, 5.74) is 1.89. The Kier molecular flexibility index (Phi) is 5.03. The van der Waals surface area contributed by atoms with Gasteiger partial charge in [-0.25, -0.2) is 4.39 Å². The molecular formula is C22H22FNO3. The zero-order valence-electron chi connectivity index (χ0n) is 15.0. The fourth-order valence-corrected chi connectivity index (χ4v) is 3.43. The SMILES string of the molecule is O=C(NC[C@@H]1CCCO1)c1cccc(-c2ccc(C(=O)C3CC3)cc2F)c1. The molecule has 4 nitrogen and oxygen atoms in total. The van der Waals surface area contributed by atoms with Crippen LogP contribution in [0.4, 0.5) is 4.39 Å². The van der Waals surface area contributed by atoms with Crippen LogP contribution in [0.15, 0.2) is 42.5 Å². The van der Waals surface area contributed by atoms with Gasteiger partial charge >= 0.3 is 0 Å². The first kappa shape index (κ1) is 17.9. The molecule has 1 atom stereocenters. The number of carbonyl (C=O) groups excluding carboxylic acids is 2. The molecule has 5 heteroatoms. The number of benzene rings is 2. The molecule has 1 aliphatic carbocycles. The minimum absolute atomic E-state index is 0.0164. The molecular weight excluding hydrogens is 345 g/mol. The molecule has 1 aliphatic heterocycles. The Morgan fingerprint density at radius 3 is 2.63 bits per heavy atom. The van der Waals surface area contributed by atoms with Gasteiger partial charge in [0.2, 0.25) is 0 Å². The predicted molar refractivity (Wildman–Crippen MR) is 100 cm³/mol. The average Bonchev–Trinajstić information content (AvgIpc) is 3.41. The average molecular weight is 367 g/mol. The molecule has 2 aliphatic rings. The van der Waals surface area contributed by atoms with E-state index in [4.69, 9.17) is 4.74 Å². The van der Waals surface area contributed by atoms with E-state index in [1.165, 1.54) is 6.07 Å². The van der Waals surface area contributed by atoms with Gasteiger partial charge in [0, 0.05) is 35.8 Å². The van der Waals surface area contributed by atoms with Gasteiger partial charge in [0.15, 0.2) is 5.78 Å². The van der Waals surface area contributed by atoms with Crippen molar-refractivity contribution in [3.8, 4) is 11.1 Å². The van der Waals surface area contributed by atoms with Crippen LogP contribution in [0.5, 0.6) is 0 Å². The molecule has 2 fully saturated rings. The highest BCUT2D eigenvalue weighted by atomic mass is 19.1. The van der Waals surface area contributed by atoms with Crippen molar-refractivity contribution >= 4 is 11.7 Å². The number of halogens is 1. The van der Waals surface area contributed by atoms with Gasteiger partial charge in [-0.15, -0.1) is 0 Å². The minimum Gasteiger partial charge on any atom is -0.376 e. The van der Waals surface area contributed by atoms with Gasteiger partial charge in [-0.3, -0.25) is 9.59 Å². The van der Waals surface area contributed by atoms with Gasteiger partial charge in [-0.05, 0) is 49.4 Å². The molecule has 1 heterocycles.